The second kappa shape index (κ2) is 5.89. The van der Waals surface area contributed by atoms with E-state index in [2.05, 4.69) is 38.0 Å². The summed E-state index contributed by atoms with van der Waals surface area (Å²) in [4.78, 5) is 8.75. The van der Waals surface area contributed by atoms with Crippen LogP contribution in [0.25, 0.3) is 0 Å². The van der Waals surface area contributed by atoms with Crippen LogP contribution in [0.1, 0.15) is 17.1 Å². The molecule has 0 saturated carbocycles. The Morgan fingerprint density at radius 2 is 1.88 bits per heavy atom. The average Bonchev–Trinajstić information content (AvgIpc) is 2.33. The largest absolute Gasteiger partial charge is 0.330 e. The molecule has 0 amide bonds. The van der Waals surface area contributed by atoms with Crippen molar-refractivity contribution >= 4 is 15.9 Å². The lowest BCUT2D eigenvalue weighted by Gasteiger charge is -2.03. The molecule has 0 aliphatic heterocycles. The molecule has 0 aliphatic carbocycles. The number of hydrogen-bond acceptors (Lipinski definition) is 3. The normalized spacial score (nSPS) is 10.5. The van der Waals surface area contributed by atoms with Crippen LogP contribution in [0.3, 0.4) is 0 Å². The van der Waals surface area contributed by atoms with Crippen LogP contribution < -0.4 is 5.73 Å². The summed E-state index contributed by atoms with van der Waals surface area (Å²) in [5, 5.41) is 0. The van der Waals surface area contributed by atoms with Crippen LogP contribution in [-0.4, -0.2) is 16.5 Å². The maximum Gasteiger partial charge on any atom is 0.132 e. The van der Waals surface area contributed by atoms with Crippen molar-refractivity contribution in [2.75, 3.05) is 6.54 Å². The lowest BCUT2D eigenvalue weighted by atomic mass is 10.1. The summed E-state index contributed by atoms with van der Waals surface area (Å²) in [5.74, 6) is 0.846. The zero-order chi connectivity index (χ0) is 12.1. The van der Waals surface area contributed by atoms with Crippen molar-refractivity contribution in [1.82, 2.24) is 9.97 Å². The molecule has 0 fully saturated rings. The Bertz CT molecular complexity index is 482. The molecule has 0 aliphatic rings. The predicted molar refractivity (Wildman–Crippen MR) is 71.7 cm³/mol. The predicted octanol–water partition coefficient (Wildman–Crippen LogP) is 2.33. The molecule has 0 spiro atoms. The van der Waals surface area contributed by atoms with Gasteiger partial charge in [-0.3, -0.25) is 0 Å². The summed E-state index contributed by atoms with van der Waals surface area (Å²) < 4.78 is 1.08. The van der Waals surface area contributed by atoms with Crippen molar-refractivity contribution in [3.8, 4) is 0 Å². The number of hydrogen-bond donors (Lipinski definition) is 1. The van der Waals surface area contributed by atoms with Crippen LogP contribution in [0, 0.1) is 0 Å². The summed E-state index contributed by atoms with van der Waals surface area (Å²) in [6.45, 7) is 0.620. The van der Waals surface area contributed by atoms with E-state index in [1.807, 2.05) is 18.2 Å². The minimum Gasteiger partial charge on any atom is -0.330 e. The van der Waals surface area contributed by atoms with Crippen LogP contribution in [0.4, 0.5) is 0 Å². The first kappa shape index (κ1) is 12.2. The van der Waals surface area contributed by atoms with Crippen LogP contribution in [0.2, 0.25) is 0 Å². The summed E-state index contributed by atoms with van der Waals surface area (Å²) in [5.41, 5.74) is 7.73. The van der Waals surface area contributed by atoms with Gasteiger partial charge < -0.3 is 5.73 Å². The van der Waals surface area contributed by atoms with Crippen molar-refractivity contribution in [3.05, 3.63) is 58.1 Å². The summed E-state index contributed by atoms with van der Waals surface area (Å²) in [6.07, 6.45) is 3.35. The Balaban J connectivity index is 2.12. The van der Waals surface area contributed by atoms with Crippen molar-refractivity contribution in [2.45, 2.75) is 12.8 Å². The molecular formula is C13H14BrN3. The van der Waals surface area contributed by atoms with Gasteiger partial charge in [0.05, 0.1) is 0 Å². The van der Waals surface area contributed by atoms with E-state index in [1.54, 1.807) is 6.20 Å². The number of rotatable bonds is 4. The molecule has 1 aromatic carbocycles. The van der Waals surface area contributed by atoms with Crippen LogP contribution >= 0.6 is 15.9 Å². The van der Waals surface area contributed by atoms with E-state index in [0.29, 0.717) is 6.54 Å². The zero-order valence-corrected chi connectivity index (χ0v) is 11.0. The number of nitrogens with zero attached hydrogens (tertiary/aromatic N) is 2. The highest BCUT2D eigenvalue weighted by Crippen LogP contribution is 2.12. The lowest BCUT2D eigenvalue weighted by Crippen LogP contribution is -2.06. The Kier molecular flexibility index (Phi) is 4.23. The Morgan fingerprint density at radius 3 is 2.59 bits per heavy atom. The van der Waals surface area contributed by atoms with Crippen molar-refractivity contribution in [2.24, 2.45) is 5.73 Å². The molecule has 2 aromatic rings. The molecule has 4 heteroatoms. The second-order valence-corrected chi connectivity index (χ2v) is 4.72. The lowest BCUT2D eigenvalue weighted by molar-refractivity contribution is 0.866. The van der Waals surface area contributed by atoms with E-state index in [4.69, 9.17) is 5.73 Å². The highest BCUT2D eigenvalue weighted by molar-refractivity contribution is 9.10. The number of benzene rings is 1. The summed E-state index contributed by atoms with van der Waals surface area (Å²) >= 11 is 3.42. The molecular weight excluding hydrogens is 278 g/mol. The Hall–Kier alpha value is -1.26. The van der Waals surface area contributed by atoms with Crippen LogP contribution in [-0.2, 0) is 12.8 Å². The SMILES string of the molecule is NCCc1ccnc(Cc2ccc(Br)cc2)n1. The molecule has 2 rings (SSSR count). The number of halogens is 1. The molecule has 2 N–H and O–H groups in total. The molecule has 0 unspecified atom stereocenters. The van der Waals surface area contributed by atoms with E-state index < -0.39 is 0 Å². The van der Waals surface area contributed by atoms with Gasteiger partial charge in [-0.25, -0.2) is 9.97 Å². The van der Waals surface area contributed by atoms with Gasteiger partial charge in [-0.2, -0.15) is 0 Å². The van der Waals surface area contributed by atoms with Crippen LogP contribution in [0.5, 0.6) is 0 Å². The van der Waals surface area contributed by atoms with Crippen molar-refractivity contribution in [3.63, 3.8) is 0 Å². The number of aromatic nitrogens is 2. The first-order valence-corrected chi connectivity index (χ1v) is 6.32. The second-order valence-electron chi connectivity index (χ2n) is 3.81. The van der Waals surface area contributed by atoms with Gasteiger partial charge in [0.25, 0.3) is 0 Å². The van der Waals surface area contributed by atoms with E-state index in [0.717, 1.165) is 28.8 Å². The van der Waals surface area contributed by atoms with E-state index in [9.17, 15) is 0 Å². The highest BCUT2D eigenvalue weighted by Gasteiger charge is 2.01. The third kappa shape index (κ3) is 3.61. The summed E-state index contributed by atoms with van der Waals surface area (Å²) in [6, 6.07) is 10.1. The topological polar surface area (TPSA) is 51.8 Å². The zero-order valence-electron chi connectivity index (χ0n) is 9.44. The van der Waals surface area contributed by atoms with Crippen LogP contribution in [0.15, 0.2) is 41.0 Å². The van der Waals surface area contributed by atoms with E-state index >= 15 is 0 Å². The third-order valence-corrected chi connectivity index (χ3v) is 2.97. The summed E-state index contributed by atoms with van der Waals surface area (Å²) in [7, 11) is 0. The highest BCUT2D eigenvalue weighted by atomic mass is 79.9. The van der Waals surface area contributed by atoms with Gasteiger partial charge in [0.1, 0.15) is 5.82 Å². The van der Waals surface area contributed by atoms with Gasteiger partial charge in [-0.05, 0) is 30.3 Å². The van der Waals surface area contributed by atoms with Crippen molar-refractivity contribution < 1.29 is 0 Å². The Labute approximate surface area is 109 Å². The minimum atomic E-state index is 0.620. The quantitative estimate of drug-likeness (QED) is 0.941. The van der Waals surface area contributed by atoms with Gasteiger partial charge >= 0.3 is 0 Å². The first-order valence-electron chi connectivity index (χ1n) is 5.53. The average molecular weight is 292 g/mol. The van der Waals surface area contributed by atoms with Gasteiger partial charge in [-0.15, -0.1) is 0 Å². The molecule has 0 saturated heterocycles. The standard InChI is InChI=1S/C13H14BrN3/c14-11-3-1-10(2-4-11)9-13-16-8-6-12(17-13)5-7-15/h1-4,6,8H,5,7,9,15H2. The monoisotopic (exact) mass is 291 g/mol. The van der Waals surface area contributed by atoms with E-state index in [1.165, 1.54) is 5.56 Å². The smallest absolute Gasteiger partial charge is 0.132 e. The van der Waals surface area contributed by atoms with Crippen molar-refractivity contribution in [1.29, 1.82) is 0 Å². The number of nitrogens with two attached hydrogens (primary N) is 1. The molecule has 1 heterocycles. The Morgan fingerprint density at radius 1 is 1.12 bits per heavy atom. The van der Waals surface area contributed by atoms with Gasteiger partial charge in [-0.1, -0.05) is 28.1 Å². The third-order valence-electron chi connectivity index (χ3n) is 2.44. The van der Waals surface area contributed by atoms with Gasteiger partial charge in [0.15, 0.2) is 0 Å². The molecule has 17 heavy (non-hydrogen) atoms. The molecule has 88 valence electrons. The molecule has 3 nitrogen and oxygen atoms in total. The first-order chi connectivity index (χ1) is 8.28. The van der Waals surface area contributed by atoms with E-state index in [-0.39, 0.29) is 0 Å². The minimum absolute atomic E-state index is 0.620. The molecule has 1 aromatic heterocycles. The fraction of sp³-hybridized carbons (Fsp3) is 0.231. The van der Waals surface area contributed by atoms with Gasteiger partial charge in [0.2, 0.25) is 0 Å². The molecule has 0 bridgehead atoms. The maximum atomic E-state index is 5.51. The molecule has 0 radical (unpaired) electrons. The fourth-order valence-corrected chi connectivity index (χ4v) is 1.86. The maximum absolute atomic E-state index is 5.51. The molecule has 0 atom stereocenters. The fourth-order valence-electron chi connectivity index (χ4n) is 1.60. The van der Waals surface area contributed by atoms with Gasteiger partial charge in [0, 0.05) is 29.2 Å².